The van der Waals surface area contributed by atoms with Crippen LogP contribution in [0.25, 0.3) is 10.9 Å². The average Bonchev–Trinajstić information content (AvgIpc) is 3.22. The first kappa shape index (κ1) is 23.0. The summed E-state index contributed by atoms with van der Waals surface area (Å²) in [5.41, 5.74) is 2.33. The monoisotopic (exact) mass is 469 g/mol. The Labute approximate surface area is 192 Å². The molecule has 1 aliphatic rings. The van der Waals surface area contributed by atoms with Gasteiger partial charge in [0.25, 0.3) is 0 Å². The van der Waals surface area contributed by atoms with Gasteiger partial charge in [-0.1, -0.05) is 36.8 Å². The van der Waals surface area contributed by atoms with Crippen molar-refractivity contribution in [1.82, 2.24) is 14.6 Å². The van der Waals surface area contributed by atoms with E-state index in [-0.39, 0.29) is 17.7 Å². The molecule has 2 heterocycles. The predicted octanol–water partition coefficient (Wildman–Crippen LogP) is 2.70. The number of fused-ring (bicyclic) bond motifs is 1. The van der Waals surface area contributed by atoms with Crippen LogP contribution in [-0.2, 0) is 32.5 Å². The second-order valence-corrected chi connectivity index (χ2v) is 10.2. The van der Waals surface area contributed by atoms with Crippen LogP contribution in [0.3, 0.4) is 0 Å². The highest BCUT2D eigenvalue weighted by molar-refractivity contribution is 7.89. The van der Waals surface area contributed by atoms with E-state index in [1.54, 1.807) is 18.3 Å². The maximum absolute atomic E-state index is 12.8. The number of hydrogen-bond donors (Lipinski definition) is 3. The molecule has 0 saturated carbocycles. The van der Waals surface area contributed by atoms with Gasteiger partial charge in [-0.15, -0.1) is 0 Å². The molecule has 0 radical (unpaired) electrons. The number of hydrogen-bond acceptors (Lipinski definition) is 4. The van der Waals surface area contributed by atoms with E-state index in [4.69, 9.17) is 0 Å². The van der Waals surface area contributed by atoms with E-state index in [0.29, 0.717) is 18.7 Å². The summed E-state index contributed by atoms with van der Waals surface area (Å²) < 4.78 is 27.0. The van der Waals surface area contributed by atoms with E-state index in [1.807, 2.05) is 24.3 Å². The number of aromatic amines is 1. The van der Waals surface area contributed by atoms with Gasteiger partial charge in [0.1, 0.15) is 6.04 Å². The molecule has 1 aromatic heterocycles. The third-order valence-electron chi connectivity index (χ3n) is 5.97. The maximum Gasteiger partial charge on any atom is 0.326 e. The lowest BCUT2D eigenvalue weighted by atomic mass is 10.0. The molecule has 1 saturated heterocycles. The number of benzene rings is 2. The number of aliphatic carboxylic acids is 1. The normalized spacial score (nSPS) is 15.9. The molecular formula is C24H27N3O5S. The van der Waals surface area contributed by atoms with E-state index in [9.17, 15) is 23.1 Å². The van der Waals surface area contributed by atoms with Crippen LogP contribution in [0.2, 0.25) is 0 Å². The molecule has 9 heteroatoms. The smallest absolute Gasteiger partial charge is 0.326 e. The molecule has 1 atom stereocenters. The fraction of sp³-hybridized carbons (Fsp3) is 0.333. The van der Waals surface area contributed by atoms with E-state index < -0.39 is 27.9 Å². The molecular weight excluding hydrogens is 442 g/mol. The number of rotatable bonds is 8. The first-order valence-electron chi connectivity index (χ1n) is 11.0. The number of carboxylic acids is 1. The summed E-state index contributed by atoms with van der Waals surface area (Å²) in [4.78, 5) is 27.6. The molecule has 174 valence electrons. The first-order valence-corrected chi connectivity index (χ1v) is 12.4. The lowest BCUT2D eigenvalue weighted by Crippen LogP contribution is -2.43. The van der Waals surface area contributed by atoms with Crippen molar-refractivity contribution in [3.05, 3.63) is 65.9 Å². The van der Waals surface area contributed by atoms with Crippen molar-refractivity contribution >= 4 is 32.8 Å². The zero-order chi connectivity index (χ0) is 23.4. The Morgan fingerprint density at radius 1 is 1.03 bits per heavy atom. The van der Waals surface area contributed by atoms with E-state index in [2.05, 4.69) is 10.3 Å². The Kier molecular flexibility index (Phi) is 6.80. The molecule has 3 aromatic rings. The standard InChI is InChI=1S/C24H27N3O5S/c28-23(26-22(24(29)30)15-18-16-25-21-7-3-2-6-20(18)21)14-17-8-10-19(11-9-17)33(31,32)27-12-4-1-5-13-27/h2-3,6-11,16,22,25H,1,4-5,12-15H2,(H,26,28)(H,29,30). The number of amides is 1. The van der Waals surface area contributed by atoms with Crippen molar-refractivity contribution in [2.45, 2.75) is 43.0 Å². The minimum atomic E-state index is -3.53. The lowest BCUT2D eigenvalue weighted by molar-refractivity contribution is -0.141. The van der Waals surface area contributed by atoms with Crippen LogP contribution in [0, 0.1) is 0 Å². The Bertz CT molecular complexity index is 1240. The zero-order valence-electron chi connectivity index (χ0n) is 18.2. The van der Waals surface area contributed by atoms with Crippen LogP contribution in [0.1, 0.15) is 30.4 Å². The van der Waals surface area contributed by atoms with Gasteiger partial charge in [-0.2, -0.15) is 4.31 Å². The summed E-state index contributed by atoms with van der Waals surface area (Å²) >= 11 is 0. The number of carboxylic acid groups (broad SMARTS) is 1. The third kappa shape index (κ3) is 5.26. The van der Waals surface area contributed by atoms with Crippen molar-refractivity contribution in [3.8, 4) is 0 Å². The van der Waals surface area contributed by atoms with Gasteiger partial charge < -0.3 is 15.4 Å². The minimum Gasteiger partial charge on any atom is -0.480 e. The summed E-state index contributed by atoms with van der Waals surface area (Å²) in [6, 6.07) is 12.7. The number of nitrogens with one attached hydrogen (secondary N) is 2. The van der Waals surface area contributed by atoms with Crippen LogP contribution in [0.15, 0.2) is 59.6 Å². The molecule has 1 aliphatic heterocycles. The number of nitrogens with zero attached hydrogens (tertiary/aromatic N) is 1. The second kappa shape index (κ2) is 9.76. The van der Waals surface area contributed by atoms with Crippen LogP contribution < -0.4 is 5.32 Å². The van der Waals surface area contributed by atoms with E-state index in [0.717, 1.165) is 35.7 Å². The Hall–Kier alpha value is -3.17. The molecule has 1 amide bonds. The quantitative estimate of drug-likeness (QED) is 0.469. The molecule has 0 aliphatic carbocycles. The fourth-order valence-electron chi connectivity index (χ4n) is 4.18. The fourth-order valence-corrected chi connectivity index (χ4v) is 5.70. The first-order chi connectivity index (χ1) is 15.8. The molecule has 0 spiro atoms. The SMILES string of the molecule is O=C(Cc1ccc(S(=O)(=O)N2CCCCC2)cc1)NC(Cc1c[nH]c2ccccc12)C(=O)O. The largest absolute Gasteiger partial charge is 0.480 e. The van der Waals surface area contributed by atoms with Crippen molar-refractivity contribution in [1.29, 1.82) is 0 Å². The Balaban J connectivity index is 1.40. The van der Waals surface area contributed by atoms with Gasteiger partial charge >= 0.3 is 5.97 Å². The van der Waals surface area contributed by atoms with Gasteiger partial charge in [0.15, 0.2) is 0 Å². The van der Waals surface area contributed by atoms with Crippen molar-refractivity contribution in [2.24, 2.45) is 0 Å². The number of carbonyl (C=O) groups excluding carboxylic acids is 1. The second-order valence-electron chi connectivity index (χ2n) is 8.31. The molecule has 2 aromatic carbocycles. The molecule has 4 rings (SSSR count). The number of sulfonamides is 1. The van der Waals surface area contributed by atoms with Gasteiger partial charge in [0.2, 0.25) is 15.9 Å². The van der Waals surface area contributed by atoms with Crippen LogP contribution in [0.4, 0.5) is 0 Å². The van der Waals surface area contributed by atoms with Crippen LogP contribution in [-0.4, -0.2) is 53.8 Å². The lowest BCUT2D eigenvalue weighted by Gasteiger charge is -2.25. The summed E-state index contributed by atoms with van der Waals surface area (Å²) in [5, 5.41) is 13.1. The van der Waals surface area contributed by atoms with Gasteiger partial charge in [-0.25, -0.2) is 13.2 Å². The molecule has 33 heavy (non-hydrogen) atoms. The molecule has 1 unspecified atom stereocenters. The number of aromatic nitrogens is 1. The predicted molar refractivity (Wildman–Crippen MR) is 124 cm³/mol. The van der Waals surface area contributed by atoms with Crippen molar-refractivity contribution in [2.75, 3.05) is 13.1 Å². The minimum absolute atomic E-state index is 0.0400. The number of carbonyl (C=O) groups is 2. The average molecular weight is 470 g/mol. The molecule has 0 bridgehead atoms. The number of H-pyrrole nitrogens is 1. The molecule has 8 nitrogen and oxygen atoms in total. The Morgan fingerprint density at radius 2 is 1.73 bits per heavy atom. The summed E-state index contributed by atoms with van der Waals surface area (Å²) in [5.74, 6) is -1.55. The van der Waals surface area contributed by atoms with Gasteiger partial charge in [0.05, 0.1) is 11.3 Å². The number of para-hydroxylation sites is 1. The highest BCUT2D eigenvalue weighted by atomic mass is 32.2. The topological polar surface area (TPSA) is 120 Å². The van der Waals surface area contributed by atoms with Crippen LogP contribution >= 0.6 is 0 Å². The highest BCUT2D eigenvalue weighted by Gasteiger charge is 2.26. The van der Waals surface area contributed by atoms with Gasteiger partial charge in [0, 0.05) is 36.6 Å². The zero-order valence-corrected chi connectivity index (χ0v) is 19.0. The third-order valence-corrected chi connectivity index (χ3v) is 7.89. The van der Waals surface area contributed by atoms with Crippen molar-refractivity contribution in [3.63, 3.8) is 0 Å². The van der Waals surface area contributed by atoms with E-state index in [1.165, 1.54) is 16.4 Å². The van der Waals surface area contributed by atoms with Crippen molar-refractivity contribution < 1.29 is 23.1 Å². The molecule has 1 fully saturated rings. The summed E-state index contributed by atoms with van der Waals surface area (Å²) in [6.45, 7) is 1.05. The Morgan fingerprint density at radius 3 is 2.42 bits per heavy atom. The number of piperidine rings is 1. The summed E-state index contributed by atoms with van der Waals surface area (Å²) in [7, 11) is -3.53. The molecule has 3 N–H and O–H groups in total. The van der Waals surface area contributed by atoms with Gasteiger partial charge in [-0.3, -0.25) is 4.79 Å². The van der Waals surface area contributed by atoms with Crippen LogP contribution in [0.5, 0.6) is 0 Å². The van der Waals surface area contributed by atoms with Gasteiger partial charge in [-0.05, 0) is 42.2 Å². The van der Waals surface area contributed by atoms with E-state index >= 15 is 0 Å². The maximum atomic E-state index is 12.8. The summed E-state index contributed by atoms with van der Waals surface area (Å²) in [6.07, 6.45) is 4.63. The highest BCUT2D eigenvalue weighted by Crippen LogP contribution is 2.21.